The summed E-state index contributed by atoms with van der Waals surface area (Å²) in [7, 11) is 3.18. The molecule has 3 rings (SSSR count). The average Bonchev–Trinajstić information content (AvgIpc) is 3.33. The first-order chi connectivity index (χ1) is 12.2. The van der Waals surface area contributed by atoms with Crippen molar-refractivity contribution in [1.82, 2.24) is 25.3 Å². The molecule has 1 aromatic carbocycles. The molecule has 25 heavy (non-hydrogen) atoms. The number of aromatic nitrogens is 4. The molecule has 0 aliphatic rings. The predicted octanol–water partition coefficient (Wildman–Crippen LogP) is 1.72. The van der Waals surface area contributed by atoms with Gasteiger partial charge in [0.15, 0.2) is 0 Å². The van der Waals surface area contributed by atoms with Gasteiger partial charge in [-0.3, -0.25) is 14.6 Å². The number of nitrogens with one attached hydrogen (secondary N) is 2. The van der Waals surface area contributed by atoms with E-state index in [2.05, 4.69) is 20.6 Å². The smallest absolute Gasteiger partial charge is 0.269 e. The molecule has 1 amide bonds. The Balaban J connectivity index is 1.70. The molecule has 8 nitrogen and oxygen atoms in total. The summed E-state index contributed by atoms with van der Waals surface area (Å²) in [6, 6.07) is 8.93. The van der Waals surface area contributed by atoms with Crippen molar-refractivity contribution in [2.24, 2.45) is 0 Å². The first-order valence-electron chi connectivity index (χ1n) is 7.74. The topological polar surface area (TPSA) is 94.1 Å². The summed E-state index contributed by atoms with van der Waals surface area (Å²) in [5, 5.41) is 13.9. The van der Waals surface area contributed by atoms with Crippen molar-refractivity contribution in [2.75, 3.05) is 20.8 Å². The SMILES string of the molecule is COc1ccc(OC)c(-c2cc(C(=O)NCCn3cccn3)[nH]n2)c1. The highest BCUT2D eigenvalue weighted by Crippen LogP contribution is 2.32. The molecule has 0 fully saturated rings. The van der Waals surface area contributed by atoms with E-state index in [1.54, 1.807) is 43.3 Å². The number of aromatic amines is 1. The quantitative estimate of drug-likeness (QED) is 0.682. The van der Waals surface area contributed by atoms with Crippen LogP contribution in [0, 0.1) is 0 Å². The highest BCUT2D eigenvalue weighted by molar-refractivity contribution is 5.93. The Kier molecular flexibility index (Phi) is 4.98. The molecular weight excluding hydrogens is 322 g/mol. The summed E-state index contributed by atoms with van der Waals surface area (Å²) in [4.78, 5) is 12.2. The summed E-state index contributed by atoms with van der Waals surface area (Å²) in [5.74, 6) is 1.11. The molecule has 0 saturated carbocycles. The lowest BCUT2D eigenvalue weighted by molar-refractivity contribution is 0.0947. The number of rotatable bonds is 7. The number of amides is 1. The molecule has 0 radical (unpaired) electrons. The number of methoxy groups -OCH3 is 2. The minimum Gasteiger partial charge on any atom is -0.497 e. The van der Waals surface area contributed by atoms with Crippen LogP contribution in [0.3, 0.4) is 0 Å². The Morgan fingerprint density at radius 1 is 1.28 bits per heavy atom. The minimum atomic E-state index is -0.229. The van der Waals surface area contributed by atoms with Crippen molar-refractivity contribution in [3.63, 3.8) is 0 Å². The zero-order valence-corrected chi connectivity index (χ0v) is 14.0. The maximum atomic E-state index is 12.2. The van der Waals surface area contributed by atoms with Gasteiger partial charge in [-0.1, -0.05) is 0 Å². The van der Waals surface area contributed by atoms with Crippen LogP contribution in [0.1, 0.15) is 10.5 Å². The van der Waals surface area contributed by atoms with Crippen LogP contribution in [0.25, 0.3) is 11.3 Å². The fourth-order valence-electron chi connectivity index (χ4n) is 2.40. The molecule has 0 spiro atoms. The van der Waals surface area contributed by atoms with Gasteiger partial charge in [0.2, 0.25) is 0 Å². The van der Waals surface area contributed by atoms with Gasteiger partial charge in [-0.15, -0.1) is 0 Å². The summed E-state index contributed by atoms with van der Waals surface area (Å²) in [6.07, 6.45) is 3.54. The Morgan fingerprint density at radius 2 is 2.16 bits per heavy atom. The number of H-pyrrole nitrogens is 1. The second-order valence-electron chi connectivity index (χ2n) is 5.26. The third-order valence-electron chi connectivity index (χ3n) is 3.69. The fourth-order valence-corrected chi connectivity index (χ4v) is 2.40. The van der Waals surface area contributed by atoms with E-state index in [0.29, 0.717) is 36.0 Å². The van der Waals surface area contributed by atoms with Gasteiger partial charge in [0.1, 0.15) is 17.2 Å². The molecule has 0 aliphatic heterocycles. The van der Waals surface area contributed by atoms with E-state index in [9.17, 15) is 4.79 Å². The van der Waals surface area contributed by atoms with Gasteiger partial charge in [-0.2, -0.15) is 10.2 Å². The highest BCUT2D eigenvalue weighted by Gasteiger charge is 2.14. The molecule has 0 bridgehead atoms. The maximum Gasteiger partial charge on any atom is 0.269 e. The van der Waals surface area contributed by atoms with E-state index < -0.39 is 0 Å². The van der Waals surface area contributed by atoms with Crippen LogP contribution in [0.4, 0.5) is 0 Å². The predicted molar refractivity (Wildman–Crippen MR) is 91.7 cm³/mol. The third-order valence-corrected chi connectivity index (χ3v) is 3.69. The van der Waals surface area contributed by atoms with Gasteiger partial charge in [-0.05, 0) is 30.3 Å². The van der Waals surface area contributed by atoms with E-state index in [-0.39, 0.29) is 5.91 Å². The van der Waals surface area contributed by atoms with Gasteiger partial charge in [-0.25, -0.2) is 0 Å². The van der Waals surface area contributed by atoms with Crippen molar-refractivity contribution in [3.05, 3.63) is 48.4 Å². The second kappa shape index (κ2) is 7.52. The van der Waals surface area contributed by atoms with Crippen molar-refractivity contribution < 1.29 is 14.3 Å². The van der Waals surface area contributed by atoms with Crippen LogP contribution < -0.4 is 14.8 Å². The normalized spacial score (nSPS) is 10.5. The zero-order valence-electron chi connectivity index (χ0n) is 14.0. The molecule has 3 aromatic rings. The number of hydrogen-bond acceptors (Lipinski definition) is 5. The minimum absolute atomic E-state index is 0.229. The number of carbonyl (C=O) groups is 1. The monoisotopic (exact) mass is 341 g/mol. The first-order valence-corrected chi connectivity index (χ1v) is 7.74. The van der Waals surface area contributed by atoms with Crippen LogP contribution in [0.5, 0.6) is 11.5 Å². The molecule has 2 aromatic heterocycles. The van der Waals surface area contributed by atoms with Gasteiger partial charge in [0, 0.05) is 24.5 Å². The lowest BCUT2D eigenvalue weighted by Crippen LogP contribution is -2.27. The summed E-state index contributed by atoms with van der Waals surface area (Å²) in [6.45, 7) is 1.07. The average molecular weight is 341 g/mol. The fraction of sp³-hybridized carbons (Fsp3) is 0.235. The van der Waals surface area contributed by atoms with Crippen LogP contribution in [0.15, 0.2) is 42.7 Å². The molecule has 2 heterocycles. The molecule has 2 N–H and O–H groups in total. The lowest BCUT2D eigenvalue weighted by Gasteiger charge is -2.08. The van der Waals surface area contributed by atoms with Crippen molar-refractivity contribution in [3.8, 4) is 22.8 Å². The molecular formula is C17H19N5O3. The third kappa shape index (κ3) is 3.79. The number of benzene rings is 1. The van der Waals surface area contributed by atoms with E-state index >= 15 is 0 Å². The number of ether oxygens (including phenoxy) is 2. The van der Waals surface area contributed by atoms with Gasteiger partial charge in [0.25, 0.3) is 5.91 Å². The Morgan fingerprint density at radius 3 is 2.88 bits per heavy atom. The lowest BCUT2D eigenvalue weighted by atomic mass is 10.1. The largest absolute Gasteiger partial charge is 0.497 e. The first kappa shape index (κ1) is 16.6. The Labute approximate surface area is 144 Å². The number of hydrogen-bond donors (Lipinski definition) is 2. The summed E-state index contributed by atoms with van der Waals surface area (Å²) in [5.41, 5.74) is 1.72. The molecule has 0 unspecified atom stereocenters. The van der Waals surface area contributed by atoms with E-state index in [0.717, 1.165) is 5.56 Å². The Bertz CT molecular complexity index is 842. The number of carbonyl (C=O) groups excluding carboxylic acids is 1. The van der Waals surface area contributed by atoms with Crippen molar-refractivity contribution in [1.29, 1.82) is 0 Å². The maximum absolute atomic E-state index is 12.2. The summed E-state index contributed by atoms with van der Waals surface area (Å²) >= 11 is 0. The van der Waals surface area contributed by atoms with Crippen molar-refractivity contribution >= 4 is 5.91 Å². The molecule has 130 valence electrons. The van der Waals surface area contributed by atoms with Crippen LogP contribution >= 0.6 is 0 Å². The van der Waals surface area contributed by atoms with Gasteiger partial charge < -0.3 is 14.8 Å². The van der Waals surface area contributed by atoms with E-state index in [1.165, 1.54) is 0 Å². The zero-order chi connectivity index (χ0) is 17.6. The van der Waals surface area contributed by atoms with Crippen molar-refractivity contribution in [2.45, 2.75) is 6.54 Å². The van der Waals surface area contributed by atoms with Gasteiger partial charge >= 0.3 is 0 Å². The van der Waals surface area contributed by atoms with Crippen LogP contribution in [-0.4, -0.2) is 46.6 Å². The highest BCUT2D eigenvalue weighted by atomic mass is 16.5. The van der Waals surface area contributed by atoms with Crippen LogP contribution in [0.2, 0.25) is 0 Å². The number of nitrogens with zero attached hydrogens (tertiary/aromatic N) is 3. The summed E-state index contributed by atoms with van der Waals surface area (Å²) < 4.78 is 12.3. The molecule has 0 atom stereocenters. The van der Waals surface area contributed by atoms with E-state index in [1.807, 2.05) is 18.3 Å². The Hall–Kier alpha value is -3.29. The van der Waals surface area contributed by atoms with E-state index in [4.69, 9.17) is 9.47 Å². The van der Waals surface area contributed by atoms with Crippen LogP contribution in [-0.2, 0) is 6.54 Å². The molecule has 8 heteroatoms. The standard InChI is InChI=1S/C17H19N5O3/c1-24-12-4-5-16(25-2)13(10-12)14-11-15(21-20-14)17(23)18-7-9-22-8-3-6-19-22/h3-6,8,10-11H,7,9H2,1-2H3,(H,18,23)(H,20,21). The second-order valence-corrected chi connectivity index (χ2v) is 5.26. The van der Waals surface area contributed by atoms with Gasteiger partial charge in [0.05, 0.1) is 26.5 Å². The molecule has 0 saturated heterocycles. The molecule has 0 aliphatic carbocycles.